The average Bonchev–Trinajstić information content (AvgIpc) is 3.09. The Morgan fingerprint density at radius 1 is 1.19 bits per heavy atom. The second kappa shape index (κ2) is 10.4. The van der Waals surface area contributed by atoms with Gasteiger partial charge in [-0.05, 0) is 45.0 Å². The summed E-state index contributed by atoms with van der Waals surface area (Å²) >= 11 is 1.43. The number of anilines is 2. The minimum Gasteiger partial charge on any atom is -0.462 e. The lowest BCUT2D eigenvalue weighted by Crippen LogP contribution is -2.36. The van der Waals surface area contributed by atoms with Crippen LogP contribution in [0.1, 0.15) is 41.7 Å². The molecular formula is C21H27N5O4S. The molecule has 0 atom stereocenters. The summed E-state index contributed by atoms with van der Waals surface area (Å²) in [5.74, 6) is -0.517. The third-order valence-corrected chi connectivity index (χ3v) is 5.50. The number of carbonyl (C=O) groups is 3. The molecule has 0 unspecified atom stereocenters. The normalized spacial score (nSPS) is 13.4. The van der Waals surface area contributed by atoms with E-state index < -0.39 is 0 Å². The van der Waals surface area contributed by atoms with Crippen molar-refractivity contribution in [2.45, 2.75) is 39.8 Å². The van der Waals surface area contributed by atoms with Gasteiger partial charge in [-0.3, -0.25) is 15.0 Å². The summed E-state index contributed by atoms with van der Waals surface area (Å²) in [6.07, 6.45) is 0.723. The summed E-state index contributed by atoms with van der Waals surface area (Å²) in [4.78, 5) is 43.6. The number of ether oxygens (including phenoxy) is 1. The highest BCUT2D eigenvalue weighted by Crippen LogP contribution is 2.28. The van der Waals surface area contributed by atoms with Crippen LogP contribution in [0.5, 0.6) is 0 Å². The lowest BCUT2D eigenvalue weighted by Gasteiger charge is -2.25. The molecule has 3 amide bonds. The van der Waals surface area contributed by atoms with Crippen LogP contribution < -0.4 is 16.0 Å². The third kappa shape index (κ3) is 6.50. The Balaban J connectivity index is 1.51. The molecule has 0 saturated heterocycles. The molecule has 10 heteroatoms. The van der Waals surface area contributed by atoms with Gasteiger partial charge in [0.25, 0.3) is 0 Å². The van der Waals surface area contributed by atoms with Gasteiger partial charge >= 0.3 is 12.0 Å². The molecule has 3 N–H and O–H groups in total. The molecule has 1 aromatic carbocycles. The molecule has 9 nitrogen and oxygen atoms in total. The number of hydrogen-bond acceptors (Lipinski definition) is 7. The molecule has 0 bridgehead atoms. The van der Waals surface area contributed by atoms with Crippen molar-refractivity contribution in [1.82, 2.24) is 15.2 Å². The lowest BCUT2D eigenvalue weighted by atomic mass is 10.2. The Morgan fingerprint density at radius 3 is 2.61 bits per heavy atom. The Kier molecular flexibility index (Phi) is 7.59. The van der Waals surface area contributed by atoms with Crippen molar-refractivity contribution in [3.8, 4) is 0 Å². The van der Waals surface area contributed by atoms with E-state index in [0.29, 0.717) is 36.1 Å². The van der Waals surface area contributed by atoms with E-state index in [9.17, 15) is 14.4 Å². The zero-order chi connectivity index (χ0) is 22.4. The van der Waals surface area contributed by atoms with Gasteiger partial charge in [-0.15, -0.1) is 11.3 Å². The van der Waals surface area contributed by atoms with Crippen LogP contribution in [-0.2, 0) is 22.5 Å². The average molecular weight is 446 g/mol. The van der Waals surface area contributed by atoms with Gasteiger partial charge in [0.2, 0.25) is 5.91 Å². The van der Waals surface area contributed by atoms with Crippen molar-refractivity contribution in [2.24, 2.45) is 0 Å². The van der Waals surface area contributed by atoms with Crippen molar-refractivity contribution < 1.29 is 19.1 Å². The van der Waals surface area contributed by atoms with Crippen LogP contribution in [0.4, 0.5) is 15.6 Å². The van der Waals surface area contributed by atoms with Gasteiger partial charge in [-0.2, -0.15) is 0 Å². The third-order valence-electron chi connectivity index (χ3n) is 4.50. The number of thiazole rings is 1. The van der Waals surface area contributed by atoms with E-state index in [1.165, 1.54) is 11.3 Å². The maximum absolute atomic E-state index is 12.4. The van der Waals surface area contributed by atoms with Crippen LogP contribution in [0.25, 0.3) is 0 Å². The van der Waals surface area contributed by atoms with Crippen molar-refractivity contribution >= 4 is 40.1 Å². The maximum atomic E-state index is 12.4. The molecule has 0 radical (unpaired) electrons. The van der Waals surface area contributed by atoms with Crippen LogP contribution in [0.3, 0.4) is 0 Å². The number of esters is 1. The quantitative estimate of drug-likeness (QED) is 0.565. The van der Waals surface area contributed by atoms with Crippen LogP contribution in [-0.4, -0.2) is 53.5 Å². The number of rotatable bonds is 7. The number of amides is 3. The van der Waals surface area contributed by atoms with E-state index in [4.69, 9.17) is 4.74 Å². The summed E-state index contributed by atoms with van der Waals surface area (Å²) in [6, 6.07) is 6.39. The van der Waals surface area contributed by atoms with Crippen LogP contribution in [0.15, 0.2) is 24.3 Å². The maximum Gasteiger partial charge on any atom is 0.338 e. The zero-order valence-electron chi connectivity index (χ0n) is 17.9. The van der Waals surface area contributed by atoms with Gasteiger partial charge in [0, 0.05) is 36.1 Å². The summed E-state index contributed by atoms with van der Waals surface area (Å²) in [5.41, 5.74) is 2.03. The number of hydrogen-bond donors (Lipinski definition) is 3. The van der Waals surface area contributed by atoms with E-state index in [-0.39, 0.29) is 30.5 Å². The fraction of sp³-hybridized carbons (Fsp3) is 0.429. The smallest absolute Gasteiger partial charge is 0.338 e. The Morgan fingerprint density at radius 2 is 1.94 bits per heavy atom. The van der Waals surface area contributed by atoms with E-state index in [1.807, 2.05) is 18.7 Å². The molecule has 3 rings (SSSR count). The van der Waals surface area contributed by atoms with Gasteiger partial charge in [-0.1, -0.05) is 0 Å². The van der Waals surface area contributed by atoms with Crippen molar-refractivity contribution in [3.63, 3.8) is 0 Å². The van der Waals surface area contributed by atoms with Crippen molar-refractivity contribution in [1.29, 1.82) is 0 Å². The Bertz CT molecular complexity index is 942. The zero-order valence-corrected chi connectivity index (χ0v) is 18.7. The lowest BCUT2D eigenvalue weighted by molar-refractivity contribution is -0.117. The molecule has 1 aliphatic heterocycles. The molecule has 0 aliphatic carbocycles. The standard InChI is InChI=1S/C21H27N5O4S/c1-4-30-19(28)14-5-7-15(8-6-14)23-18(27)12-26-10-9-16-17(11-26)31-21(24-16)25-20(29)22-13(2)3/h5-8,13H,4,9-12H2,1-3H3,(H,23,27)(H2,22,24,25,29). The highest BCUT2D eigenvalue weighted by atomic mass is 32.1. The van der Waals surface area contributed by atoms with Gasteiger partial charge in [0.05, 0.1) is 24.4 Å². The number of benzene rings is 1. The summed E-state index contributed by atoms with van der Waals surface area (Å²) in [7, 11) is 0. The van der Waals surface area contributed by atoms with Gasteiger partial charge in [-0.25, -0.2) is 14.6 Å². The number of nitrogens with zero attached hydrogens (tertiary/aromatic N) is 2. The first-order valence-corrected chi connectivity index (χ1v) is 11.0. The van der Waals surface area contributed by atoms with E-state index >= 15 is 0 Å². The van der Waals surface area contributed by atoms with E-state index in [1.54, 1.807) is 31.2 Å². The Hall–Kier alpha value is -2.98. The molecule has 2 heterocycles. The summed E-state index contributed by atoms with van der Waals surface area (Å²) in [6.45, 7) is 7.42. The van der Waals surface area contributed by atoms with Gasteiger partial charge < -0.3 is 15.4 Å². The second-order valence-electron chi connectivity index (χ2n) is 7.45. The summed E-state index contributed by atoms with van der Waals surface area (Å²) in [5, 5.41) is 8.96. The van der Waals surface area contributed by atoms with Crippen LogP contribution in [0.2, 0.25) is 0 Å². The van der Waals surface area contributed by atoms with E-state index in [0.717, 1.165) is 17.0 Å². The molecule has 1 aromatic heterocycles. The second-order valence-corrected chi connectivity index (χ2v) is 8.53. The predicted molar refractivity (Wildman–Crippen MR) is 119 cm³/mol. The van der Waals surface area contributed by atoms with E-state index in [2.05, 4.69) is 20.9 Å². The largest absolute Gasteiger partial charge is 0.462 e. The van der Waals surface area contributed by atoms with Crippen molar-refractivity contribution in [3.05, 3.63) is 40.4 Å². The number of carbonyl (C=O) groups excluding carboxylic acids is 3. The molecule has 0 fully saturated rings. The molecular weight excluding hydrogens is 418 g/mol. The highest BCUT2D eigenvalue weighted by molar-refractivity contribution is 7.15. The van der Waals surface area contributed by atoms with Crippen LogP contribution in [0, 0.1) is 0 Å². The molecule has 31 heavy (non-hydrogen) atoms. The minimum absolute atomic E-state index is 0.0463. The molecule has 1 aliphatic rings. The number of nitrogens with one attached hydrogen (secondary N) is 3. The topological polar surface area (TPSA) is 113 Å². The number of fused-ring (bicyclic) bond motifs is 1. The fourth-order valence-corrected chi connectivity index (χ4v) is 4.19. The monoisotopic (exact) mass is 445 g/mol. The first-order chi connectivity index (χ1) is 14.8. The van der Waals surface area contributed by atoms with Gasteiger partial charge in [0.1, 0.15) is 0 Å². The molecule has 0 spiro atoms. The predicted octanol–water partition coefficient (Wildman–Crippen LogP) is 2.85. The fourth-order valence-electron chi connectivity index (χ4n) is 3.14. The van der Waals surface area contributed by atoms with Crippen LogP contribution >= 0.6 is 11.3 Å². The molecule has 2 aromatic rings. The van der Waals surface area contributed by atoms with Crippen molar-refractivity contribution in [2.75, 3.05) is 30.3 Å². The summed E-state index contributed by atoms with van der Waals surface area (Å²) < 4.78 is 4.95. The number of aromatic nitrogens is 1. The van der Waals surface area contributed by atoms with Gasteiger partial charge in [0.15, 0.2) is 5.13 Å². The first-order valence-electron chi connectivity index (χ1n) is 10.2. The molecule has 166 valence electrons. The minimum atomic E-state index is -0.385. The molecule has 0 saturated carbocycles. The number of urea groups is 1. The first kappa shape index (κ1) is 22.7. The Labute approximate surface area is 185 Å². The highest BCUT2D eigenvalue weighted by Gasteiger charge is 2.23. The SMILES string of the molecule is CCOC(=O)c1ccc(NC(=O)CN2CCc3nc(NC(=O)NC(C)C)sc3C2)cc1.